The summed E-state index contributed by atoms with van der Waals surface area (Å²) in [5.41, 5.74) is 43.6. The number of aliphatic hydroxyl groups excluding tert-OH is 2. The number of rotatable bonds is 40. The molecule has 9 unspecified atom stereocenters. The van der Waals surface area contributed by atoms with Crippen LogP contribution in [0.15, 0.2) is 15.0 Å². The SMILES string of the molecule is CC(C)CC(NC(=O)C(CO)NC(=O)C(CCCN=C(N)N)NC(=O)C(CO)NC(=O)C(CCCCN)NC(=O)C(N)CS)C(=O)NC(CC(=O)O)C(=O)NC(CCCN=C(N)N)C(=O)NC(CCCN=C(N)N)C(=O)O. The predicted octanol–water partition coefficient (Wildman–Crippen LogP) is -9.00. The van der Waals surface area contributed by atoms with Crippen LogP contribution in [0.5, 0.6) is 0 Å². The van der Waals surface area contributed by atoms with E-state index in [1.165, 1.54) is 0 Å². The van der Waals surface area contributed by atoms with Gasteiger partial charge in [-0.05, 0) is 76.7 Å². The van der Waals surface area contributed by atoms with E-state index in [9.17, 15) is 68.4 Å². The summed E-state index contributed by atoms with van der Waals surface area (Å²) in [6.07, 6.45) is -0.715. The fourth-order valence-corrected chi connectivity index (χ4v) is 6.98. The van der Waals surface area contributed by atoms with Gasteiger partial charge in [0.05, 0.1) is 25.7 Å². The molecule has 0 bridgehead atoms. The zero-order valence-electron chi connectivity index (χ0n) is 43.3. The van der Waals surface area contributed by atoms with Gasteiger partial charge in [-0.1, -0.05) is 13.8 Å². The first kappa shape index (κ1) is 69.7. The standard InChI is InChI=1S/C43H81N19O14S/c1-21(2)16-27(36(71)60-28(17-31(65)66)37(72)56-24(9-5-13-52-41(46)47)33(68)58-26(40(75)76)11-7-15-54-43(50)51)59-39(74)30(19-64)62-35(70)25(10-6-14-53-42(48)49)57-38(73)29(18-63)61-34(69)23(8-3-4-12-44)55-32(67)22(45)20-77/h21-30,63-64,77H,3-20,44-45H2,1-2H3,(H,55,67)(H,56,72)(H,57,73)(H,58,68)(H,59,74)(H,60,71)(H,61,69)(H,62,70)(H,65,66)(H,75,76)(H4,46,47,52)(H4,48,49,53)(H4,50,51,54). The molecule has 0 radical (unpaired) electrons. The van der Waals surface area contributed by atoms with Gasteiger partial charge in [0, 0.05) is 25.4 Å². The van der Waals surface area contributed by atoms with E-state index < -0.39 is 133 Å². The van der Waals surface area contributed by atoms with Gasteiger partial charge in [-0.15, -0.1) is 0 Å². The Labute approximate surface area is 450 Å². The highest BCUT2D eigenvalue weighted by atomic mass is 32.1. The molecule has 0 saturated heterocycles. The summed E-state index contributed by atoms with van der Waals surface area (Å²) in [7, 11) is 0. The molecule has 0 aromatic carbocycles. The lowest BCUT2D eigenvalue weighted by atomic mass is 10.0. The summed E-state index contributed by atoms with van der Waals surface area (Å²) in [4.78, 5) is 144. The molecule has 0 aromatic rings. The zero-order chi connectivity index (χ0) is 58.8. The summed E-state index contributed by atoms with van der Waals surface area (Å²) >= 11 is 3.99. The molecule has 0 aliphatic carbocycles. The minimum absolute atomic E-state index is 0.0266. The third kappa shape index (κ3) is 30.1. The number of guanidine groups is 3. The normalized spacial score (nSPS) is 14.4. The van der Waals surface area contributed by atoms with Crippen LogP contribution in [0, 0.1) is 5.92 Å². The topological polar surface area (TPSA) is 593 Å². The summed E-state index contributed by atoms with van der Waals surface area (Å²) in [6.45, 7) is 1.40. The molecule has 0 fully saturated rings. The van der Waals surface area contributed by atoms with Crippen molar-refractivity contribution in [3.05, 3.63) is 0 Å². The van der Waals surface area contributed by atoms with Crippen LogP contribution in [-0.2, 0) is 47.9 Å². The van der Waals surface area contributed by atoms with Gasteiger partial charge in [-0.25, -0.2) is 4.79 Å². The second kappa shape index (κ2) is 38.3. The molecule has 0 spiro atoms. The Balaban J connectivity index is 6.61. The van der Waals surface area contributed by atoms with Crippen molar-refractivity contribution in [2.45, 2.75) is 139 Å². The number of carboxylic acid groups (broad SMARTS) is 2. The quantitative estimate of drug-likeness (QED) is 0.0117. The van der Waals surface area contributed by atoms with Crippen LogP contribution in [0.25, 0.3) is 0 Å². The molecular weight excluding hydrogens is 1040 g/mol. The van der Waals surface area contributed by atoms with E-state index in [0.29, 0.717) is 12.8 Å². The lowest BCUT2D eigenvalue weighted by Crippen LogP contribution is -2.61. The van der Waals surface area contributed by atoms with Gasteiger partial charge in [0.25, 0.3) is 0 Å². The van der Waals surface area contributed by atoms with Gasteiger partial charge in [0.15, 0.2) is 17.9 Å². The molecule has 0 aliphatic heterocycles. The summed E-state index contributed by atoms with van der Waals surface area (Å²) < 4.78 is 0. The predicted molar refractivity (Wildman–Crippen MR) is 283 cm³/mol. The van der Waals surface area contributed by atoms with Gasteiger partial charge >= 0.3 is 11.9 Å². The molecule has 28 N–H and O–H groups in total. The molecule has 0 aromatic heterocycles. The molecular formula is C43H81N19O14S. The van der Waals surface area contributed by atoms with Crippen molar-refractivity contribution in [2.24, 2.45) is 66.8 Å². The Morgan fingerprint density at radius 1 is 0.455 bits per heavy atom. The van der Waals surface area contributed by atoms with Crippen molar-refractivity contribution < 1.29 is 68.4 Å². The molecule has 438 valence electrons. The number of carbonyl (C=O) groups is 10. The highest BCUT2D eigenvalue weighted by molar-refractivity contribution is 7.80. The number of hydrogen-bond donors (Lipinski definition) is 21. The second-order valence-corrected chi connectivity index (χ2v) is 18.2. The van der Waals surface area contributed by atoms with Crippen molar-refractivity contribution >= 4 is 89.7 Å². The third-order valence-corrected chi connectivity index (χ3v) is 11.2. The number of hydrogen-bond acceptors (Lipinski definition) is 18. The Kier molecular flexibility index (Phi) is 34.6. The lowest BCUT2D eigenvalue weighted by molar-refractivity contribution is -0.143. The van der Waals surface area contributed by atoms with E-state index in [0.717, 1.165) is 0 Å². The monoisotopic (exact) mass is 1120 g/mol. The summed E-state index contributed by atoms with van der Waals surface area (Å²) in [6, 6.07) is -13.9. The van der Waals surface area contributed by atoms with Gasteiger partial charge in [-0.2, -0.15) is 12.6 Å². The number of thiol groups is 1. The van der Waals surface area contributed by atoms with Crippen LogP contribution in [-0.4, -0.2) is 197 Å². The van der Waals surface area contributed by atoms with Crippen LogP contribution >= 0.6 is 12.6 Å². The van der Waals surface area contributed by atoms with E-state index >= 15 is 0 Å². The maximum atomic E-state index is 13.9. The Hall–Kier alpha value is -7.30. The maximum Gasteiger partial charge on any atom is 0.326 e. The molecule has 77 heavy (non-hydrogen) atoms. The largest absolute Gasteiger partial charge is 0.481 e. The molecule has 34 heteroatoms. The van der Waals surface area contributed by atoms with Crippen LogP contribution in [0.2, 0.25) is 0 Å². The van der Waals surface area contributed by atoms with Crippen LogP contribution in [0.4, 0.5) is 0 Å². The fourth-order valence-electron chi connectivity index (χ4n) is 6.81. The van der Waals surface area contributed by atoms with Gasteiger partial charge in [-0.3, -0.25) is 58.1 Å². The van der Waals surface area contributed by atoms with E-state index in [1.807, 2.05) is 0 Å². The molecule has 9 atom stereocenters. The molecule has 0 heterocycles. The first-order valence-corrected chi connectivity index (χ1v) is 25.2. The van der Waals surface area contributed by atoms with Crippen LogP contribution < -0.4 is 88.4 Å². The van der Waals surface area contributed by atoms with E-state index in [2.05, 4.69) is 70.1 Å². The zero-order valence-corrected chi connectivity index (χ0v) is 44.2. The Morgan fingerprint density at radius 2 is 0.766 bits per heavy atom. The number of aliphatic imine (C=N–C) groups is 3. The number of nitrogens with one attached hydrogen (secondary N) is 8. The molecule has 33 nitrogen and oxygen atoms in total. The fraction of sp³-hybridized carbons (Fsp3) is 0.698. The average Bonchev–Trinajstić information content (AvgIpc) is 3.35. The summed E-state index contributed by atoms with van der Waals surface area (Å²) in [5, 5.41) is 58.8. The minimum Gasteiger partial charge on any atom is -0.481 e. The number of unbranched alkanes of at least 4 members (excludes halogenated alkanes) is 1. The number of aliphatic hydroxyl groups is 2. The minimum atomic E-state index is -1.92. The van der Waals surface area contributed by atoms with Crippen molar-refractivity contribution in [1.82, 2.24) is 42.5 Å². The van der Waals surface area contributed by atoms with Crippen molar-refractivity contribution in [2.75, 3.05) is 45.1 Å². The number of aliphatic carboxylic acids is 2. The molecule has 0 rings (SSSR count). The number of nitrogens with two attached hydrogens (primary N) is 8. The maximum absolute atomic E-state index is 13.9. The number of carbonyl (C=O) groups excluding carboxylic acids is 8. The number of amides is 8. The van der Waals surface area contributed by atoms with Crippen molar-refractivity contribution in [3.8, 4) is 0 Å². The Morgan fingerprint density at radius 3 is 1.12 bits per heavy atom. The first-order chi connectivity index (χ1) is 36.2. The average molecular weight is 1120 g/mol. The summed E-state index contributed by atoms with van der Waals surface area (Å²) in [5.74, 6) is -12.6. The molecule has 0 aliphatic rings. The van der Waals surface area contributed by atoms with Gasteiger partial charge < -0.3 is 109 Å². The van der Waals surface area contributed by atoms with Gasteiger partial charge in [0.1, 0.15) is 48.3 Å². The van der Waals surface area contributed by atoms with Gasteiger partial charge in [0.2, 0.25) is 47.3 Å². The van der Waals surface area contributed by atoms with E-state index in [-0.39, 0.29) is 107 Å². The Bertz CT molecular complexity index is 2040. The first-order valence-electron chi connectivity index (χ1n) is 24.5. The molecule has 8 amide bonds. The van der Waals surface area contributed by atoms with Crippen molar-refractivity contribution in [1.29, 1.82) is 0 Å². The molecule has 0 saturated carbocycles. The van der Waals surface area contributed by atoms with Crippen molar-refractivity contribution in [3.63, 3.8) is 0 Å². The highest BCUT2D eigenvalue weighted by Gasteiger charge is 2.35. The van der Waals surface area contributed by atoms with Crippen LogP contribution in [0.3, 0.4) is 0 Å². The van der Waals surface area contributed by atoms with E-state index in [1.54, 1.807) is 13.8 Å². The van der Waals surface area contributed by atoms with E-state index in [4.69, 9.17) is 45.9 Å². The number of carboxylic acids is 2. The smallest absolute Gasteiger partial charge is 0.326 e. The highest BCUT2D eigenvalue weighted by Crippen LogP contribution is 2.10. The lowest BCUT2D eigenvalue weighted by Gasteiger charge is -2.28. The number of nitrogens with zero attached hydrogens (tertiary/aromatic N) is 3. The third-order valence-electron chi connectivity index (χ3n) is 10.8. The van der Waals surface area contributed by atoms with Crippen LogP contribution in [0.1, 0.15) is 84.5 Å². The second-order valence-electron chi connectivity index (χ2n) is 17.8.